The molecule has 1 fully saturated rings. The number of rotatable bonds is 3. The fourth-order valence-corrected chi connectivity index (χ4v) is 3.13. The Morgan fingerprint density at radius 2 is 2.20 bits per heavy atom. The molecule has 7 heteroatoms. The molecule has 2 aliphatic rings. The van der Waals surface area contributed by atoms with Crippen LogP contribution in [0.5, 0.6) is 11.5 Å². The van der Waals surface area contributed by atoms with Gasteiger partial charge in [-0.15, -0.1) is 0 Å². The highest BCUT2D eigenvalue weighted by Crippen LogP contribution is 2.46. The third-order valence-corrected chi connectivity index (χ3v) is 4.29. The van der Waals surface area contributed by atoms with E-state index in [0.29, 0.717) is 40.8 Å². The molecule has 2 unspecified atom stereocenters. The molecule has 0 bridgehead atoms. The molecule has 20 heavy (non-hydrogen) atoms. The van der Waals surface area contributed by atoms with Crippen LogP contribution in [0, 0.1) is 5.92 Å². The Kier molecular flexibility index (Phi) is 3.39. The lowest BCUT2D eigenvalue weighted by atomic mass is 9.98. The van der Waals surface area contributed by atoms with Crippen molar-refractivity contribution in [1.29, 1.82) is 0 Å². The van der Waals surface area contributed by atoms with E-state index in [1.54, 1.807) is 6.07 Å². The van der Waals surface area contributed by atoms with Crippen molar-refractivity contribution in [3.8, 4) is 11.5 Å². The Bertz CT molecular complexity index is 589. The standard InChI is InChI=1S/C13H12BrNO5/c14-9-2-7(10-1-6(3-15-10)13(17)18)11-12(8(9)4-16)20-5-19-11/h2,4,6,10,15H,1,3,5H2,(H,17,18). The van der Waals surface area contributed by atoms with Gasteiger partial charge in [0.2, 0.25) is 6.79 Å². The molecule has 2 N–H and O–H groups in total. The van der Waals surface area contributed by atoms with Crippen LogP contribution in [0.4, 0.5) is 0 Å². The van der Waals surface area contributed by atoms with Crippen molar-refractivity contribution < 1.29 is 24.2 Å². The first kappa shape index (κ1) is 13.4. The van der Waals surface area contributed by atoms with Crippen LogP contribution in [-0.2, 0) is 4.79 Å². The summed E-state index contributed by atoms with van der Waals surface area (Å²) in [7, 11) is 0. The number of hydrogen-bond acceptors (Lipinski definition) is 5. The second-order valence-corrected chi connectivity index (χ2v) is 5.63. The number of carboxylic acid groups (broad SMARTS) is 1. The van der Waals surface area contributed by atoms with E-state index in [-0.39, 0.29) is 12.8 Å². The average Bonchev–Trinajstić information content (AvgIpc) is 3.06. The molecular formula is C13H12BrNO5. The number of ether oxygens (including phenoxy) is 2. The van der Waals surface area contributed by atoms with E-state index >= 15 is 0 Å². The zero-order chi connectivity index (χ0) is 14.3. The lowest BCUT2D eigenvalue weighted by Gasteiger charge is -2.15. The molecule has 0 amide bonds. The number of carboxylic acids is 1. The highest BCUT2D eigenvalue weighted by atomic mass is 79.9. The van der Waals surface area contributed by atoms with Gasteiger partial charge in [-0.3, -0.25) is 9.59 Å². The Labute approximate surface area is 123 Å². The van der Waals surface area contributed by atoms with Gasteiger partial charge in [0.05, 0.1) is 11.5 Å². The molecule has 0 radical (unpaired) electrons. The highest BCUT2D eigenvalue weighted by molar-refractivity contribution is 9.10. The normalized spacial score (nSPS) is 23.9. The molecule has 0 spiro atoms. The van der Waals surface area contributed by atoms with Gasteiger partial charge in [0.25, 0.3) is 0 Å². The molecule has 0 saturated carbocycles. The van der Waals surface area contributed by atoms with Crippen molar-refractivity contribution in [2.45, 2.75) is 12.5 Å². The molecule has 0 aromatic heterocycles. The zero-order valence-corrected chi connectivity index (χ0v) is 12.0. The summed E-state index contributed by atoms with van der Waals surface area (Å²) in [4.78, 5) is 22.1. The van der Waals surface area contributed by atoms with E-state index in [0.717, 1.165) is 5.56 Å². The van der Waals surface area contributed by atoms with Gasteiger partial charge < -0.3 is 19.9 Å². The van der Waals surface area contributed by atoms with Gasteiger partial charge in [-0.2, -0.15) is 0 Å². The van der Waals surface area contributed by atoms with E-state index in [2.05, 4.69) is 21.2 Å². The molecule has 1 saturated heterocycles. The third kappa shape index (κ3) is 2.06. The minimum Gasteiger partial charge on any atom is -0.481 e. The van der Waals surface area contributed by atoms with Crippen molar-refractivity contribution in [2.24, 2.45) is 5.92 Å². The van der Waals surface area contributed by atoms with Crippen LogP contribution in [0.2, 0.25) is 0 Å². The third-order valence-electron chi connectivity index (χ3n) is 3.63. The average molecular weight is 342 g/mol. The monoisotopic (exact) mass is 341 g/mol. The summed E-state index contributed by atoms with van der Waals surface area (Å²) in [6.45, 7) is 0.484. The summed E-state index contributed by atoms with van der Waals surface area (Å²) in [5.74, 6) is -0.274. The van der Waals surface area contributed by atoms with Crippen LogP contribution in [-0.4, -0.2) is 30.7 Å². The van der Waals surface area contributed by atoms with Gasteiger partial charge in [-0.1, -0.05) is 0 Å². The first-order chi connectivity index (χ1) is 9.61. The smallest absolute Gasteiger partial charge is 0.307 e. The Morgan fingerprint density at radius 1 is 1.45 bits per heavy atom. The van der Waals surface area contributed by atoms with Crippen LogP contribution in [0.25, 0.3) is 0 Å². The number of nitrogens with one attached hydrogen (secondary N) is 1. The lowest BCUT2D eigenvalue weighted by molar-refractivity contribution is -0.141. The zero-order valence-electron chi connectivity index (χ0n) is 10.4. The topological polar surface area (TPSA) is 84.9 Å². The van der Waals surface area contributed by atoms with Gasteiger partial charge in [0, 0.05) is 22.6 Å². The van der Waals surface area contributed by atoms with Crippen LogP contribution in [0.3, 0.4) is 0 Å². The summed E-state index contributed by atoms with van der Waals surface area (Å²) < 4.78 is 11.4. The van der Waals surface area contributed by atoms with E-state index in [9.17, 15) is 9.59 Å². The molecule has 6 nitrogen and oxygen atoms in total. The second-order valence-electron chi connectivity index (χ2n) is 4.78. The molecule has 3 rings (SSSR count). The maximum absolute atomic E-state index is 11.1. The van der Waals surface area contributed by atoms with Gasteiger partial charge >= 0.3 is 5.97 Å². The number of aldehydes is 1. The maximum Gasteiger partial charge on any atom is 0.307 e. The van der Waals surface area contributed by atoms with Crippen molar-refractivity contribution in [1.82, 2.24) is 5.32 Å². The summed E-state index contributed by atoms with van der Waals surface area (Å²) in [6.07, 6.45) is 1.20. The molecule has 1 aromatic rings. The molecule has 106 valence electrons. The van der Waals surface area contributed by atoms with Crippen LogP contribution < -0.4 is 14.8 Å². The molecule has 1 aromatic carbocycles. The SMILES string of the molecule is O=Cc1c(Br)cc(C2CC(C(=O)O)CN2)c2c1OCO2. The fourth-order valence-electron chi connectivity index (χ4n) is 2.61. The van der Waals surface area contributed by atoms with Crippen LogP contribution in [0.1, 0.15) is 28.4 Å². The van der Waals surface area contributed by atoms with Crippen LogP contribution in [0.15, 0.2) is 10.5 Å². The summed E-state index contributed by atoms with van der Waals surface area (Å²) in [6, 6.07) is 1.67. The Morgan fingerprint density at radius 3 is 2.85 bits per heavy atom. The van der Waals surface area contributed by atoms with Crippen LogP contribution >= 0.6 is 15.9 Å². The lowest BCUT2D eigenvalue weighted by Crippen LogP contribution is -2.17. The summed E-state index contributed by atoms with van der Waals surface area (Å²) in [5.41, 5.74) is 1.23. The van der Waals surface area contributed by atoms with E-state index in [1.807, 2.05) is 0 Å². The van der Waals surface area contributed by atoms with Crippen molar-refractivity contribution in [3.63, 3.8) is 0 Å². The molecule has 2 heterocycles. The highest BCUT2D eigenvalue weighted by Gasteiger charge is 2.35. The number of carbonyl (C=O) groups is 2. The largest absolute Gasteiger partial charge is 0.481 e. The number of benzene rings is 1. The molecule has 2 aliphatic heterocycles. The summed E-state index contributed by atoms with van der Waals surface area (Å²) in [5, 5.41) is 12.2. The Balaban J connectivity index is 1.99. The molecular weight excluding hydrogens is 330 g/mol. The van der Waals surface area contributed by atoms with E-state index < -0.39 is 11.9 Å². The predicted molar refractivity (Wildman–Crippen MR) is 72.1 cm³/mol. The van der Waals surface area contributed by atoms with Gasteiger partial charge in [0.1, 0.15) is 0 Å². The van der Waals surface area contributed by atoms with Gasteiger partial charge in [-0.05, 0) is 28.4 Å². The van der Waals surface area contributed by atoms with Crippen molar-refractivity contribution >= 4 is 28.2 Å². The molecule has 0 aliphatic carbocycles. The van der Waals surface area contributed by atoms with Crippen molar-refractivity contribution in [2.75, 3.05) is 13.3 Å². The number of fused-ring (bicyclic) bond motifs is 1. The Hall–Kier alpha value is -1.60. The molecule has 2 atom stereocenters. The predicted octanol–water partition coefficient (Wildman–Crippen LogP) is 1.73. The van der Waals surface area contributed by atoms with Gasteiger partial charge in [0.15, 0.2) is 17.8 Å². The quantitative estimate of drug-likeness (QED) is 0.814. The second kappa shape index (κ2) is 5.06. The number of hydrogen-bond donors (Lipinski definition) is 2. The minimum atomic E-state index is -0.808. The van der Waals surface area contributed by atoms with E-state index in [1.165, 1.54) is 0 Å². The number of aliphatic carboxylic acids is 1. The summed E-state index contributed by atoms with van der Waals surface area (Å²) >= 11 is 3.34. The first-order valence-corrected chi connectivity index (χ1v) is 6.94. The maximum atomic E-state index is 11.1. The van der Waals surface area contributed by atoms with Crippen molar-refractivity contribution in [3.05, 3.63) is 21.7 Å². The van der Waals surface area contributed by atoms with Gasteiger partial charge in [-0.25, -0.2) is 0 Å². The first-order valence-electron chi connectivity index (χ1n) is 6.15. The van der Waals surface area contributed by atoms with E-state index in [4.69, 9.17) is 14.6 Å². The minimum absolute atomic E-state index is 0.0642. The number of halogens is 1. The number of carbonyl (C=O) groups excluding carboxylic acids is 1. The fraction of sp³-hybridized carbons (Fsp3) is 0.385.